The lowest BCUT2D eigenvalue weighted by Gasteiger charge is -2.34. The fraction of sp³-hybridized carbons (Fsp3) is 0.429. The van der Waals surface area contributed by atoms with Crippen LogP contribution in [0.15, 0.2) is 95.9 Å². The van der Waals surface area contributed by atoms with E-state index in [-0.39, 0.29) is 16.7 Å². The standard InChI is InChI=1S/C42H51BO3SSi/c43-36-22-24-38(25-23-36)48(37-19-8-3-9-20-37)39-21-11-17-33(27-39)32-16-10-18-34(26-32)41-29-35(30-12-4-1-5-13-30)28-40(42(41)47(44,45)46)31-14-6-2-7-15-31/h3,8-9,11,17,19-25,27-32,34,48H,1-2,4-7,10,12-16,18,26,43H2,(H,44,45,46). The third-order valence-electron chi connectivity index (χ3n) is 11.9. The Morgan fingerprint density at radius 1 is 0.542 bits per heavy atom. The van der Waals surface area contributed by atoms with Crippen molar-refractivity contribution < 1.29 is 13.0 Å². The smallest absolute Gasteiger partial charge is 0.282 e. The predicted molar refractivity (Wildman–Crippen MR) is 205 cm³/mol. The van der Waals surface area contributed by atoms with Crippen molar-refractivity contribution in [1.82, 2.24) is 0 Å². The monoisotopic (exact) mass is 674 g/mol. The van der Waals surface area contributed by atoms with Crippen molar-refractivity contribution in [3.8, 4) is 0 Å². The molecule has 0 saturated heterocycles. The van der Waals surface area contributed by atoms with Crippen molar-refractivity contribution in [2.45, 2.75) is 118 Å². The summed E-state index contributed by atoms with van der Waals surface area (Å²) in [5, 5.41) is 4.29. The summed E-state index contributed by atoms with van der Waals surface area (Å²) in [6, 6.07) is 34.0. The molecule has 3 nitrogen and oxygen atoms in total. The summed E-state index contributed by atoms with van der Waals surface area (Å²) in [6.45, 7) is 0. The fourth-order valence-corrected chi connectivity index (χ4v) is 13.5. The zero-order chi connectivity index (χ0) is 33.1. The maximum Gasteiger partial charge on any atom is 0.295 e. The molecule has 3 aliphatic carbocycles. The molecule has 48 heavy (non-hydrogen) atoms. The Morgan fingerprint density at radius 3 is 1.77 bits per heavy atom. The predicted octanol–water partition coefficient (Wildman–Crippen LogP) is 6.98. The molecule has 3 aliphatic rings. The van der Waals surface area contributed by atoms with Crippen LogP contribution in [0, 0.1) is 0 Å². The van der Waals surface area contributed by atoms with Gasteiger partial charge in [-0.1, -0.05) is 157 Å². The topological polar surface area (TPSA) is 54.4 Å². The van der Waals surface area contributed by atoms with E-state index in [0.717, 1.165) is 62.5 Å². The van der Waals surface area contributed by atoms with Crippen molar-refractivity contribution in [3.05, 3.63) is 113 Å². The summed E-state index contributed by atoms with van der Waals surface area (Å²) < 4.78 is 37.6. The van der Waals surface area contributed by atoms with Gasteiger partial charge in [0.25, 0.3) is 10.1 Å². The Hall–Kier alpha value is -2.93. The average Bonchev–Trinajstić information content (AvgIpc) is 3.13. The zero-order valence-electron chi connectivity index (χ0n) is 28.6. The molecule has 3 unspecified atom stereocenters. The maximum atomic E-state index is 13.4. The summed E-state index contributed by atoms with van der Waals surface area (Å²) >= 11 is 0. The van der Waals surface area contributed by atoms with E-state index in [1.807, 2.05) is 0 Å². The van der Waals surface area contributed by atoms with Crippen molar-refractivity contribution in [3.63, 3.8) is 0 Å². The second-order valence-electron chi connectivity index (χ2n) is 15.2. The quantitative estimate of drug-likeness (QED) is 0.125. The summed E-state index contributed by atoms with van der Waals surface area (Å²) in [4.78, 5) is 0.268. The highest BCUT2D eigenvalue weighted by atomic mass is 32.2. The molecule has 3 saturated carbocycles. The van der Waals surface area contributed by atoms with Gasteiger partial charge >= 0.3 is 0 Å². The van der Waals surface area contributed by atoms with E-state index in [1.165, 1.54) is 70.7 Å². The highest BCUT2D eigenvalue weighted by Gasteiger charge is 2.34. The Morgan fingerprint density at radius 2 is 1.10 bits per heavy atom. The molecule has 3 atom stereocenters. The van der Waals surface area contributed by atoms with Gasteiger partial charge in [0.05, 0.1) is 0 Å². The van der Waals surface area contributed by atoms with Gasteiger partial charge < -0.3 is 0 Å². The van der Waals surface area contributed by atoms with E-state index >= 15 is 0 Å². The van der Waals surface area contributed by atoms with Gasteiger partial charge in [0.1, 0.15) is 21.5 Å². The highest BCUT2D eigenvalue weighted by Crippen LogP contribution is 2.47. The fourth-order valence-electron chi connectivity index (χ4n) is 9.44. The largest absolute Gasteiger partial charge is 0.295 e. The Bertz CT molecular complexity index is 1790. The molecule has 4 aromatic carbocycles. The summed E-state index contributed by atoms with van der Waals surface area (Å²) in [6.07, 6.45) is 15.7. The molecular formula is C42H51BO3SSi. The van der Waals surface area contributed by atoms with Gasteiger partial charge in [0.15, 0.2) is 0 Å². The van der Waals surface area contributed by atoms with Crippen molar-refractivity contribution in [2.75, 3.05) is 0 Å². The molecule has 0 aromatic heterocycles. The van der Waals surface area contributed by atoms with Crippen LogP contribution in [0.4, 0.5) is 0 Å². The zero-order valence-corrected chi connectivity index (χ0v) is 30.6. The highest BCUT2D eigenvalue weighted by molar-refractivity contribution is 7.86. The second-order valence-corrected chi connectivity index (χ2v) is 19.4. The molecule has 0 spiro atoms. The van der Waals surface area contributed by atoms with E-state index in [4.69, 9.17) is 0 Å². The van der Waals surface area contributed by atoms with Crippen molar-refractivity contribution >= 4 is 47.8 Å². The molecule has 0 radical (unpaired) electrons. The lowest BCUT2D eigenvalue weighted by atomic mass is 9.72. The van der Waals surface area contributed by atoms with Crippen LogP contribution in [-0.4, -0.2) is 29.6 Å². The van der Waals surface area contributed by atoms with Crippen LogP contribution in [-0.2, 0) is 10.1 Å². The number of rotatable bonds is 8. The first kappa shape index (κ1) is 33.6. The Balaban J connectivity index is 1.26. The van der Waals surface area contributed by atoms with Crippen LogP contribution in [0.2, 0.25) is 0 Å². The molecule has 6 heteroatoms. The van der Waals surface area contributed by atoms with E-state index in [2.05, 4.69) is 98.8 Å². The molecule has 250 valence electrons. The van der Waals surface area contributed by atoms with Gasteiger partial charge in [-0.05, 0) is 90.9 Å². The first-order valence-electron chi connectivity index (χ1n) is 18.7. The lowest BCUT2D eigenvalue weighted by Crippen LogP contribution is -2.52. The molecule has 7 rings (SSSR count). The van der Waals surface area contributed by atoms with Crippen molar-refractivity contribution in [2.24, 2.45) is 0 Å². The summed E-state index contributed by atoms with van der Waals surface area (Å²) in [5.74, 6) is 1.19. The SMILES string of the molecule is Bc1ccc([SiH](c2ccccc2)c2cccc(C3CCCC(c4cc(C5CCCCC5)cc(C5CCCCC5)c4S(=O)(=O)O)C3)c2)cc1. The van der Waals surface area contributed by atoms with Crippen LogP contribution in [0.1, 0.15) is 136 Å². The van der Waals surface area contributed by atoms with Crippen LogP contribution < -0.4 is 21.0 Å². The molecule has 0 bridgehead atoms. The van der Waals surface area contributed by atoms with E-state index in [9.17, 15) is 13.0 Å². The lowest BCUT2D eigenvalue weighted by molar-refractivity contribution is 0.384. The van der Waals surface area contributed by atoms with Crippen LogP contribution in [0.5, 0.6) is 0 Å². The van der Waals surface area contributed by atoms with Crippen LogP contribution in [0.25, 0.3) is 0 Å². The molecule has 0 aliphatic heterocycles. The molecular weight excluding hydrogens is 623 g/mol. The van der Waals surface area contributed by atoms with E-state index in [0.29, 0.717) is 11.8 Å². The second kappa shape index (κ2) is 14.9. The third-order valence-corrected chi connectivity index (χ3v) is 16.0. The average molecular weight is 675 g/mol. The first-order valence-corrected chi connectivity index (χ1v) is 21.9. The normalized spacial score (nSPS) is 21.9. The molecule has 0 amide bonds. The summed E-state index contributed by atoms with van der Waals surface area (Å²) in [5.41, 5.74) is 5.83. The molecule has 3 fully saturated rings. The third kappa shape index (κ3) is 7.46. The first-order chi connectivity index (χ1) is 23.3. The summed E-state index contributed by atoms with van der Waals surface area (Å²) in [7, 11) is -3.89. The minimum atomic E-state index is -4.37. The molecule has 1 N–H and O–H groups in total. The van der Waals surface area contributed by atoms with E-state index in [1.54, 1.807) is 0 Å². The van der Waals surface area contributed by atoms with Gasteiger partial charge in [-0.3, -0.25) is 4.55 Å². The van der Waals surface area contributed by atoms with Gasteiger partial charge in [-0.2, -0.15) is 8.42 Å². The minimum Gasteiger partial charge on any atom is -0.282 e. The number of benzene rings is 4. The van der Waals surface area contributed by atoms with Crippen LogP contribution in [0.3, 0.4) is 0 Å². The van der Waals surface area contributed by atoms with Gasteiger partial charge in [0, 0.05) is 0 Å². The van der Waals surface area contributed by atoms with Crippen LogP contribution >= 0.6 is 0 Å². The Labute approximate surface area is 291 Å². The Kier molecular flexibility index (Phi) is 10.4. The van der Waals surface area contributed by atoms with E-state index < -0.39 is 18.9 Å². The number of hydrogen-bond acceptors (Lipinski definition) is 2. The number of hydrogen-bond donors (Lipinski definition) is 1. The van der Waals surface area contributed by atoms with Gasteiger partial charge in [-0.25, -0.2) is 0 Å². The van der Waals surface area contributed by atoms with Crippen molar-refractivity contribution in [1.29, 1.82) is 0 Å². The minimum absolute atomic E-state index is 0.120. The van der Waals surface area contributed by atoms with Gasteiger partial charge in [-0.15, -0.1) is 0 Å². The molecule has 0 heterocycles. The molecule has 4 aromatic rings. The van der Waals surface area contributed by atoms with Gasteiger partial charge in [0.2, 0.25) is 0 Å². The maximum absolute atomic E-state index is 13.4.